The molecule has 1 atom stereocenters. The van der Waals surface area contributed by atoms with Gasteiger partial charge in [-0.25, -0.2) is 9.78 Å². The van der Waals surface area contributed by atoms with Gasteiger partial charge in [-0.3, -0.25) is 4.79 Å². The maximum absolute atomic E-state index is 13.0. The van der Waals surface area contributed by atoms with E-state index < -0.39 is 12.1 Å². The van der Waals surface area contributed by atoms with Crippen molar-refractivity contribution in [3.05, 3.63) is 68.7 Å². The fraction of sp³-hybridized carbons (Fsp3) is 0.238. The number of halogens is 1. The van der Waals surface area contributed by atoms with E-state index in [9.17, 15) is 9.59 Å². The zero-order valence-corrected chi connectivity index (χ0v) is 17.8. The Bertz CT molecular complexity index is 1140. The minimum Gasteiger partial charge on any atom is -0.479 e. The third-order valence-corrected chi connectivity index (χ3v) is 4.71. The number of hydrogen-bond acceptors (Lipinski definition) is 5. The minimum absolute atomic E-state index is 0.00109. The Morgan fingerprint density at radius 1 is 1.21 bits per heavy atom. The van der Waals surface area contributed by atoms with E-state index in [-0.39, 0.29) is 11.5 Å². The molecular weight excluding hydrogens is 438 g/mol. The molecule has 2 aromatic carbocycles. The van der Waals surface area contributed by atoms with Crippen LogP contribution in [-0.2, 0) is 4.79 Å². The van der Waals surface area contributed by atoms with Crippen LogP contribution in [0, 0.1) is 0 Å². The van der Waals surface area contributed by atoms with Crippen LogP contribution in [0.4, 0.5) is 0 Å². The lowest BCUT2D eigenvalue weighted by atomic mass is 10.2. The molecular formula is C21H20BrN3O4. The molecule has 1 aromatic heterocycles. The largest absolute Gasteiger partial charge is 0.479 e. The lowest BCUT2D eigenvalue weighted by Gasteiger charge is -2.12. The molecule has 0 fully saturated rings. The number of ether oxygens (including phenoxy) is 1. The van der Waals surface area contributed by atoms with E-state index in [0.29, 0.717) is 22.5 Å². The second-order valence-corrected chi connectivity index (χ2v) is 7.73. The zero-order chi connectivity index (χ0) is 21.1. The smallest absolute Gasteiger partial charge is 0.344 e. The third kappa shape index (κ3) is 4.71. The van der Waals surface area contributed by atoms with Crippen LogP contribution in [0.15, 0.2) is 56.8 Å². The SMILES string of the molecule is CC(C)c1nc2ccc(Br)cc2c(=O)n1N=Cc1ccc(O[C@@H](C)C(=O)O)cc1. The second-order valence-electron chi connectivity index (χ2n) is 6.82. The van der Waals surface area contributed by atoms with Crippen molar-refractivity contribution in [2.45, 2.75) is 32.8 Å². The number of carbonyl (C=O) groups is 1. The molecule has 0 aliphatic carbocycles. The zero-order valence-electron chi connectivity index (χ0n) is 16.2. The molecule has 0 radical (unpaired) electrons. The van der Waals surface area contributed by atoms with Crippen LogP contribution < -0.4 is 10.3 Å². The average Bonchev–Trinajstić information content (AvgIpc) is 2.68. The highest BCUT2D eigenvalue weighted by Gasteiger charge is 2.14. The highest BCUT2D eigenvalue weighted by Crippen LogP contribution is 2.19. The minimum atomic E-state index is -1.04. The molecule has 0 aliphatic heterocycles. The van der Waals surface area contributed by atoms with E-state index >= 15 is 0 Å². The van der Waals surface area contributed by atoms with Crippen molar-refractivity contribution >= 4 is 39.0 Å². The Kier molecular flexibility index (Phi) is 6.12. The Hall–Kier alpha value is -3.00. The van der Waals surface area contributed by atoms with Crippen molar-refractivity contribution in [1.82, 2.24) is 9.66 Å². The summed E-state index contributed by atoms with van der Waals surface area (Å²) in [6.07, 6.45) is 0.619. The van der Waals surface area contributed by atoms with Crippen LogP contribution >= 0.6 is 15.9 Å². The van der Waals surface area contributed by atoms with Crippen molar-refractivity contribution in [3.8, 4) is 5.75 Å². The number of aromatic nitrogens is 2. The Morgan fingerprint density at radius 3 is 2.52 bits per heavy atom. The van der Waals surface area contributed by atoms with Gasteiger partial charge in [-0.1, -0.05) is 29.8 Å². The number of fused-ring (bicyclic) bond motifs is 1. The van der Waals surface area contributed by atoms with Crippen molar-refractivity contribution in [2.24, 2.45) is 5.10 Å². The first-order valence-corrected chi connectivity index (χ1v) is 9.81. The van der Waals surface area contributed by atoms with Crippen LogP contribution in [0.1, 0.15) is 38.1 Å². The number of nitrogens with zero attached hydrogens (tertiary/aromatic N) is 3. The Morgan fingerprint density at radius 2 is 1.90 bits per heavy atom. The summed E-state index contributed by atoms with van der Waals surface area (Å²) in [5.74, 6) is -0.0292. The molecule has 3 rings (SSSR count). The summed E-state index contributed by atoms with van der Waals surface area (Å²) in [5.41, 5.74) is 1.12. The van der Waals surface area contributed by atoms with Gasteiger partial charge in [-0.2, -0.15) is 9.78 Å². The Balaban J connectivity index is 1.95. The predicted molar refractivity (Wildman–Crippen MR) is 115 cm³/mol. The van der Waals surface area contributed by atoms with Crippen LogP contribution in [0.25, 0.3) is 10.9 Å². The molecule has 29 heavy (non-hydrogen) atoms. The lowest BCUT2D eigenvalue weighted by Crippen LogP contribution is -2.23. The quantitative estimate of drug-likeness (QED) is 0.564. The Labute approximate surface area is 175 Å². The summed E-state index contributed by atoms with van der Waals surface area (Å²) in [6, 6.07) is 12.2. The van der Waals surface area contributed by atoms with Gasteiger partial charge in [0.05, 0.1) is 17.1 Å². The molecule has 150 valence electrons. The summed E-state index contributed by atoms with van der Waals surface area (Å²) in [7, 11) is 0. The number of hydrogen-bond donors (Lipinski definition) is 1. The number of carboxylic acids is 1. The number of aliphatic carboxylic acids is 1. The van der Waals surface area contributed by atoms with Crippen molar-refractivity contribution in [2.75, 3.05) is 0 Å². The molecule has 0 saturated heterocycles. The summed E-state index contributed by atoms with van der Waals surface area (Å²) in [5, 5.41) is 13.8. The molecule has 8 heteroatoms. The topological polar surface area (TPSA) is 93.8 Å². The summed E-state index contributed by atoms with van der Waals surface area (Å²) < 4.78 is 7.42. The van der Waals surface area contributed by atoms with Gasteiger partial charge in [-0.15, -0.1) is 0 Å². The van der Waals surface area contributed by atoms with Gasteiger partial charge in [-0.05, 0) is 55.0 Å². The first kappa shape index (κ1) is 20.7. The normalized spacial score (nSPS) is 12.6. The number of benzene rings is 2. The molecule has 0 spiro atoms. The third-order valence-electron chi connectivity index (χ3n) is 4.21. The molecule has 0 bridgehead atoms. The van der Waals surface area contributed by atoms with Gasteiger partial charge in [0.2, 0.25) is 0 Å². The van der Waals surface area contributed by atoms with E-state index in [1.807, 2.05) is 19.9 Å². The van der Waals surface area contributed by atoms with E-state index in [1.165, 1.54) is 11.6 Å². The van der Waals surface area contributed by atoms with Gasteiger partial charge in [0.1, 0.15) is 11.6 Å². The fourth-order valence-corrected chi connectivity index (χ4v) is 3.02. The van der Waals surface area contributed by atoms with E-state index in [0.717, 1.165) is 10.0 Å². The van der Waals surface area contributed by atoms with Crippen molar-refractivity contribution in [1.29, 1.82) is 0 Å². The maximum Gasteiger partial charge on any atom is 0.344 e. The molecule has 0 amide bonds. The molecule has 1 N–H and O–H groups in total. The van der Waals surface area contributed by atoms with E-state index in [1.54, 1.807) is 42.6 Å². The molecule has 0 saturated carbocycles. The highest BCUT2D eigenvalue weighted by molar-refractivity contribution is 9.10. The molecule has 0 aliphatic rings. The van der Waals surface area contributed by atoms with Gasteiger partial charge >= 0.3 is 5.97 Å². The van der Waals surface area contributed by atoms with Gasteiger partial charge in [0.15, 0.2) is 6.10 Å². The van der Waals surface area contributed by atoms with Crippen LogP contribution in [0.5, 0.6) is 5.75 Å². The van der Waals surface area contributed by atoms with Crippen LogP contribution in [-0.4, -0.2) is 33.1 Å². The second kappa shape index (κ2) is 8.57. The van der Waals surface area contributed by atoms with Crippen molar-refractivity contribution < 1.29 is 14.6 Å². The molecule has 7 nitrogen and oxygen atoms in total. The predicted octanol–water partition coefficient (Wildman–Crippen LogP) is 4.02. The average molecular weight is 458 g/mol. The first-order chi connectivity index (χ1) is 13.8. The number of carboxylic acid groups (broad SMARTS) is 1. The first-order valence-electron chi connectivity index (χ1n) is 9.02. The lowest BCUT2D eigenvalue weighted by molar-refractivity contribution is -0.144. The van der Waals surface area contributed by atoms with Gasteiger partial charge in [0, 0.05) is 10.4 Å². The summed E-state index contributed by atoms with van der Waals surface area (Å²) >= 11 is 3.38. The maximum atomic E-state index is 13.0. The summed E-state index contributed by atoms with van der Waals surface area (Å²) in [6.45, 7) is 5.37. The highest BCUT2D eigenvalue weighted by atomic mass is 79.9. The molecule has 3 aromatic rings. The van der Waals surface area contributed by atoms with Gasteiger partial charge < -0.3 is 9.84 Å². The van der Waals surface area contributed by atoms with Crippen LogP contribution in [0.2, 0.25) is 0 Å². The fourth-order valence-electron chi connectivity index (χ4n) is 2.66. The monoisotopic (exact) mass is 457 g/mol. The number of rotatable bonds is 6. The molecule has 0 unspecified atom stereocenters. The van der Waals surface area contributed by atoms with E-state index in [4.69, 9.17) is 9.84 Å². The summed E-state index contributed by atoms with van der Waals surface area (Å²) in [4.78, 5) is 28.5. The van der Waals surface area contributed by atoms with Crippen molar-refractivity contribution in [3.63, 3.8) is 0 Å². The van der Waals surface area contributed by atoms with Crippen LogP contribution in [0.3, 0.4) is 0 Å². The molecule has 1 heterocycles. The standard InChI is InChI=1S/C21H20BrN3O4/c1-12(2)19-24-18-9-6-15(22)10-17(18)20(26)25(19)23-11-14-4-7-16(8-5-14)29-13(3)21(27)28/h4-13H,1-3H3,(H,27,28)/t13-/m0/s1. The van der Waals surface area contributed by atoms with E-state index in [2.05, 4.69) is 26.0 Å². The van der Waals surface area contributed by atoms with Gasteiger partial charge in [0.25, 0.3) is 5.56 Å².